The number of amides is 1. The third-order valence-electron chi connectivity index (χ3n) is 4.09. The Morgan fingerprint density at radius 2 is 2.05 bits per heavy atom. The fourth-order valence-electron chi connectivity index (χ4n) is 2.90. The summed E-state index contributed by atoms with van der Waals surface area (Å²) in [4.78, 5) is 25.6. The Morgan fingerprint density at radius 1 is 1.38 bits per heavy atom. The fraction of sp³-hybridized carbons (Fsp3) is 0.500. The summed E-state index contributed by atoms with van der Waals surface area (Å²) in [5, 5.41) is 9.44. The quantitative estimate of drug-likeness (QED) is 0.858. The van der Waals surface area contributed by atoms with Crippen LogP contribution in [0.5, 0.6) is 0 Å². The number of carboxylic acids is 1. The van der Waals surface area contributed by atoms with Crippen molar-refractivity contribution in [2.45, 2.75) is 38.8 Å². The summed E-state index contributed by atoms with van der Waals surface area (Å²) in [6, 6.07) is 6.90. The summed E-state index contributed by atoms with van der Waals surface area (Å²) in [5.41, 5.74) is 7.72. The number of carboxylic acid groups (broad SMARTS) is 1. The van der Waals surface area contributed by atoms with Crippen molar-refractivity contribution in [2.24, 2.45) is 11.7 Å². The topological polar surface area (TPSA) is 83.6 Å². The van der Waals surface area contributed by atoms with Crippen LogP contribution >= 0.6 is 0 Å². The van der Waals surface area contributed by atoms with E-state index in [1.165, 1.54) is 4.90 Å². The number of aliphatic carboxylic acids is 1. The maximum absolute atomic E-state index is 12.6. The highest BCUT2D eigenvalue weighted by molar-refractivity contribution is 5.86. The molecular weight excluding hydrogens is 268 g/mol. The molecule has 5 nitrogen and oxygen atoms in total. The lowest BCUT2D eigenvalue weighted by Crippen LogP contribution is -2.51. The van der Waals surface area contributed by atoms with E-state index in [1.807, 2.05) is 31.2 Å². The van der Waals surface area contributed by atoms with Gasteiger partial charge in [0.15, 0.2) is 0 Å². The number of rotatable bonds is 5. The summed E-state index contributed by atoms with van der Waals surface area (Å²) < 4.78 is 0. The van der Waals surface area contributed by atoms with Crippen LogP contribution in [0.2, 0.25) is 0 Å². The first-order chi connectivity index (χ1) is 10.1. The number of fused-ring (bicyclic) bond motifs is 1. The van der Waals surface area contributed by atoms with Crippen LogP contribution in [0.4, 0.5) is 0 Å². The normalized spacial score (nSPS) is 19.0. The molecule has 1 aromatic rings. The molecule has 0 aliphatic carbocycles. The Morgan fingerprint density at radius 3 is 2.62 bits per heavy atom. The van der Waals surface area contributed by atoms with Crippen LogP contribution in [0.15, 0.2) is 24.3 Å². The highest BCUT2D eigenvalue weighted by atomic mass is 16.4. The van der Waals surface area contributed by atoms with Gasteiger partial charge in [-0.05, 0) is 17.5 Å². The van der Waals surface area contributed by atoms with Crippen molar-refractivity contribution in [3.8, 4) is 0 Å². The predicted molar refractivity (Wildman–Crippen MR) is 79.6 cm³/mol. The minimum Gasteiger partial charge on any atom is -0.480 e. The van der Waals surface area contributed by atoms with E-state index in [0.29, 0.717) is 19.4 Å². The monoisotopic (exact) mass is 290 g/mol. The largest absolute Gasteiger partial charge is 0.480 e. The summed E-state index contributed by atoms with van der Waals surface area (Å²) >= 11 is 0. The second-order valence-corrected chi connectivity index (χ2v) is 5.51. The summed E-state index contributed by atoms with van der Waals surface area (Å²) in [6.45, 7) is 2.61. The lowest BCUT2D eigenvalue weighted by molar-refractivity contribution is -0.153. The number of carbonyl (C=O) groups is 2. The van der Waals surface area contributed by atoms with E-state index < -0.39 is 12.0 Å². The molecule has 0 fully saturated rings. The molecule has 1 amide bonds. The molecule has 0 bridgehead atoms. The van der Waals surface area contributed by atoms with Crippen LogP contribution in [-0.2, 0) is 22.6 Å². The summed E-state index contributed by atoms with van der Waals surface area (Å²) in [6.07, 6.45) is 1.91. The Kier molecular flexibility index (Phi) is 4.96. The molecule has 0 radical (unpaired) electrons. The van der Waals surface area contributed by atoms with Crippen molar-refractivity contribution >= 4 is 11.9 Å². The molecule has 1 aliphatic heterocycles. The minimum atomic E-state index is -0.954. The second-order valence-electron chi connectivity index (χ2n) is 5.51. The molecule has 3 N–H and O–H groups in total. The molecular formula is C16H22N2O3. The number of nitrogens with two attached hydrogens (primary N) is 1. The van der Waals surface area contributed by atoms with Crippen LogP contribution in [0.25, 0.3) is 0 Å². The van der Waals surface area contributed by atoms with Gasteiger partial charge in [0.05, 0.1) is 5.92 Å². The van der Waals surface area contributed by atoms with Crippen molar-refractivity contribution in [3.63, 3.8) is 0 Å². The molecule has 5 heteroatoms. The number of nitrogens with zero attached hydrogens (tertiary/aromatic N) is 1. The van der Waals surface area contributed by atoms with Gasteiger partial charge in [-0.2, -0.15) is 0 Å². The van der Waals surface area contributed by atoms with Gasteiger partial charge in [0, 0.05) is 19.5 Å². The molecule has 114 valence electrons. The molecule has 1 aliphatic rings. The fourth-order valence-corrected chi connectivity index (χ4v) is 2.90. The third-order valence-corrected chi connectivity index (χ3v) is 4.09. The van der Waals surface area contributed by atoms with Crippen LogP contribution in [0.3, 0.4) is 0 Å². The van der Waals surface area contributed by atoms with Gasteiger partial charge in [0.2, 0.25) is 5.91 Å². The van der Waals surface area contributed by atoms with Crippen molar-refractivity contribution in [2.75, 3.05) is 6.54 Å². The Balaban J connectivity index is 2.28. The number of hydrogen-bond acceptors (Lipinski definition) is 3. The van der Waals surface area contributed by atoms with E-state index in [-0.39, 0.29) is 18.4 Å². The van der Waals surface area contributed by atoms with Crippen molar-refractivity contribution in [1.29, 1.82) is 0 Å². The van der Waals surface area contributed by atoms with E-state index in [4.69, 9.17) is 5.73 Å². The van der Waals surface area contributed by atoms with E-state index in [0.717, 1.165) is 17.5 Å². The second kappa shape index (κ2) is 6.72. The summed E-state index contributed by atoms with van der Waals surface area (Å²) in [5.74, 6) is -1.38. The zero-order valence-corrected chi connectivity index (χ0v) is 12.3. The first kappa shape index (κ1) is 15.5. The molecule has 2 rings (SSSR count). The zero-order valence-electron chi connectivity index (χ0n) is 12.3. The SMILES string of the molecule is CCCC(CN)C(=O)N1Cc2ccccc2C[C@@H]1C(=O)O. The lowest BCUT2D eigenvalue weighted by atomic mass is 9.92. The minimum absolute atomic E-state index is 0.138. The highest BCUT2D eigenvalue weighted by Gasteiger charge is 2.36. The van der Waals surface area contributed by atoms with E-state index in [9.17, 15) is 14.7 Å². The standard InChI is InChI=1S/C16H22N2O3/c1-2-5-12(9-17)15(19)18-10-13-7-4-3-6-11(13)8-14(18)16(20)21/h3-4,6-7,12,14H,2,5,8-10,17H2,1H3,(H,20,21)/t12?,14-/m1/s1. The maximum Gasteiger partial charge on any atom is 0.326 e. The first-order valence-corrected chi connectivity index (χ1v) is 7.38. The molecule has 0 aromatic heterocycles. The lowest BCUT2D eigenvalue weighted by Gasteiger charge is -2.36. The highest BCUT2D eigenvalue weighted by Crippen LogP contribution is 2.25. The van der Waals surface area contributed by atoms with Crippen molar-refractivity contribution in [1.82, 2.24) is 4.90 Å². The van der Waals surface area contributed by atoms with Gasteiger partial charge in [-0.25, -0.2) is 4.79 Å². The molecule has 0 saturated carbocycles. The molecule has 21 heavy (non-hydrogen) atoms. The van der Waals surface area contributed by atoms with E-state index >= 15 is 0 Å². The van der Waals surface area contributed by atoms with Gasteiger partial charge in [-0.15, -0.1) is 0 Å². The zero-order chi connectivity index (χ0) is 15.4. The smallest absolute Gasteiger partial charge is 0.326 e. The number of hydrogen-bond donors (Lipinski definition) is 2. The van der Waals surface area contributed by atoms with Gasteiger partial charge in [-0.3, -0.25) is 4.79 Å². The molecule has 1 unspecified atom stereocenters. The number of benzene rings is 1. The van der Waals surface area contributed by atoms with E-state index in [2.05, 4.69) is 0 Å². The van der Waals surface area contributed by atoms with E-state index in [1.54, 1.807) is 0 Å². The average molecular weight is 290 g/mol. The van der Waals surface area contributed by atoms with Crippen LogP contribution in [0.1, 0.15) is 30.9 Å². The maximum atomic E-state index is 12.6. The first-order valence-electron chi connectivity index (χ1n) is 7.38. The van der Waals surface area contributed by atoms with Gasteiger partial charge >= 0.3 is 5.97 Å². The van der Waals surface area contributed by atoms with Crippen LogP contribution in [0, 0.1) is 5.92 Å². The average Bonchev–Trinajstić information content (AvgIpc) is 2.50. The molecule has 0 spiro atoms. The molecule has 1 heterocycles. The van der Waals surface area contributed by atoms with Crippen LogP contribution in [-0.4, -0.2) is 34.5 Å². The third kappa shape index (κ3) is 3.24. The van der Waals surface area contributed by atoms with Crippen molar-refractivity contribution in [3.05, 3.63) is 35.4 Å². The van der Waals surface area contributed by atoms with Gasteiger partial charge in [0.1, 0.15) is 6.04 Å². The molecule has 1 aromatic carbocycles. The van der Waals surface area contributed by atoms with Gasteiger partial charge < -0.3 is 15.7 Å². The number of carbonyl (C=O) groups excluding carboxylic acids is 1. The molecule has 2 atom stereocenters. The van der Waals surface area contributed by atoms with Gasteiger partial charge in [0.25, 0.3) is 0 Å². The Bertz CT molecular complexity index is 530. The summed E-state index contributed by atoms with van der Waals surface area (Å²) in [7, 11) is 0. The predicted octanol–water partition coefficient (Wildman–Crippen LogP) is 1.40. The molecule has 0 saturated heterocycles. The Hall–Kier alpha value is -1.88. The Labute approximate surface area is 124 Å². The van der Waals surface area contributed by atoms with Gasteiger partial charge in [-0.1, -0.05) is 37.6 Å². The van der Waals surface area contributed by atoms with Crippen molar-refractivity contribution < 1.29 is 14.7 Å². The van der Waals surface area contributed by atoms with Crippen LogP contribution < -0.4 is 5.73 Å².